The van der Waals surface area contributed by atoms with Crippen LogP contribution in [0.1, 0.15) is 47.6 Å². The molecule has 0 amide bonds. The van der Waals surface area contributed by atoms with Crippen molar-refractivity contribution in [3.63, 3.8) is 0 Å². The van der Waals surface area contributed by atoms with Gasteiger partial charge in [0, 0.05) is 12.1 Å². The van der Waals surface area contributed by atoms with Crippen LogP contribution in [0.25, 0.3) is 0 Å². The van der Waals surface area contributed by atoms with E-state index < -0.39 is 0 Å². The molecule has 0 unspecified atom stereocenters. The lowest BCUT2D eigenvalue weighted by Gasteiger charge is -2.26. The minimum absolute atomic E-state index is 0.351. The minimum Gasteiger partial charge on any atom is -0.465 e. The number of nitrogens with one attached hydrogen (secondary N) is 1. The van der Waals surface area contributed by atoms with Crippen LogP contribution in [-0.4, -0.2) is 25.2 Å². The summed E-state index contributed by atoms with van der Waals surface area (Å²) in [6.45, 7) is 2.41. The number of ether oxygens (including phenoxy) is 1. The van der Waals surface area contributed by atoms with Gasteiger partial charge in [0.05, 0.1) is 13.7 Å². The van der Waals surface area contributed by atoms with Gasteiger partial charge >= 0.3 is 5.97 Å². The maximum atomic E-state index is 11.5. The van der Waals surface area contributed by atoms with Crippen LogP contribution in [0, 0.1) is 6.92 Å². The maximum absolute atomic E-state index is 11.5. The highest BCUT2D eigenvalue weighted by Crippen LogP contribution is 2.19. The van der Waals surface area contributed by atoms with E-state index in [9.17, 15) is 4.79 Å². The first-order valence-corrected chi connectivity index (χ1v) is 6.76. The fourth-order valence-electron chi connectivity index (χ4n) is 2.51. The van der Waals surface area contributed by atoms with Crippen molar-refractivity contribution in [3.8, 4) is 0 Å². The molecular formula is C14H22N2O3. The van der Waals surface area contributed by atoms with E-state index in [-0.39, 0.29) is 5.97 Å². The second kappa shape index (κ2) is 6.21. The van der Waals surface area contributed by atoms with E-state index in [1.165, 1.54) is 7.11 Å². The summed E-state index contributed by atoms with van der Waals surface area (Å²) in [5, 5.41) is 3.45. The Morgan fingerprint density at radius 2 is 2.16 bits per heavy atom. The third kappa shape index (κ3) is 3.58. The standard InChI is InChI=1S/C14H22N2O3/c1-9-13(14(17)18-2)7-12(19-9)8-16-11-5-3-10(15)4-6-11/h7,10-11,16H,3-6,8,15H2,1-2H3. The van der Waals surface area contributed by atoms with Gasteiger partial charge in [0.2, 0.25) is 0 Å². The Morgan fingerprint density at radius 3 is 2.79 bits per heavy atom. The molecule has 0 saturated heterocycles. The van der Waals surface area contributed by atoms with Crippen LogP contribution in [0.4, 0.5) is 0 Å². The molecule has 0 aliphatic heterocycles. The maximum Gasteiger partial charge on any atom is 0.341 e. The van der Waals surface area contributed by atoms with Gasteiger partial charge in [0.25, 0.3) is 0 Å². The zero-order valence-corrected chi connectivity index (χ0v) is 11.6. The fraction of sp³-hybridized carbons (Fsp3) is 0.643. The predicted molar refractivity (Wildman–Crippen MR) is 71.9 cm³/mol. The Balaban J connectivity index is 1.88. The molecule has 1 aromatic heterocycles. The average molecular weight is 266 g/mol. The molecule has 106 valence electrons. The zero-order valence-electron chi connectivity index (χ0n) is 11.6. The SMILES string of the molecule is COC(=O)c1cc(CNC2CCC(N)CC2)oc1C. The molecule has 1 fully saturated rings. The quantitative estimate of drug-likeness (QED) is 0.812. The van der Waals surface area contributed by atoms with Crippen LogP contribution in [0.2, 0.25) is 0 Å². The van der Waals surface area contributed by atoms with E-state index in [2.05, 4.69) is 5.32 Å². The number of methoxy groups -OCH3 is 1. The van der Waals surface area contributed by atoms with Gasteiger partial charge in [-0.2, -0.15) is 0 Å². The smallest absolute Gasteiger partial charge is 0.341 e. The van der Waals surface area contributed by atoms with Crippen molar-refractivity contribution in [1.29, 1.82) is 0 Å². The number of carbonyl (C=O) groups excluding carboxylic acids is 1. The number of carbonyl (C=O) groups is 1. The first kappa shape index (κ1) is 14.1. The molecule has 0 atom stereocenters. The summed E-state index contributed by atoms with van der Waals surface area (Å²) >= 11 is 0. The summed E-state index contributed by atoms with van der Waals surface area (Å²) in [5.41, 5.74) is 6.38. The molecule has 0 spiro atoms. The van der Waals surface area contributed by atoms with Crippen molar-refractivity contribution >= 4 is 5.97 Å². The largest absolute Gasteiger partial charge is 0.465 e. The Hall–Kier alpha value is -1.33. The summed E-state index contributed by atoms with van der Waals surface area (Å²) < 4.78 is 10.3. The van der Waals surface area contributed by atoms with Crippen LogP contribution >= 0.6 is 0 Å². The summed E-state index contributed by atoms with van der Waals surface area (Å²) in [4.78, 5) is 11.5. The van der Waals surface area contributed by atoms with Crippen molar-refractivity contribution in [1.82, 2.24) is 5.32 Å². The van der Waals surface area contributed by atoms with Crippen molar-refractivity contribution < 1.29 is 13.9 Å². The Kier molecular flexibility index (Phi) is 4.61. The monoisotopic (exact) mass is 266 g/mol. The van der Waals surface area contributed by atoms with Gasteiger partial charge in [0.1, 0.15) is 17.1 Å². The molecule has 3 N–H and O–H groups in total. The van der Waals surface area contributed by atoms with E-state index in [1.54, 1.807) is 13.0 Å². The molecule has 0 aromatic carbocycles. The molecule has 0 bridgehead atoms. The van der Waals surface area contributed by atoms with Gasteiger partial charge in [-0.25, -0.2) is 4.79 Å². The highest BCUT2D eigenvalue weighted by molar-refractivity contribution is 5.90. The van der Waals surface area contributed by atoms with E-state index in [4.69, 9.17) is 14.9 Å². The molecule has 1 aliphatic rings. The molecule has 0 radical (unpaired) electrons. The highest BCUT2D eigenvalue weighted by atomic mass is 16.5. The van der Waals surface area contributed by atoms with Crippen molar-refractivity contribution in [2.24, 2.45) is 5.73 Å². The second-order valence-electron chi connectivity index (χ2n) is 5.17. The Labute approximate surface area is 113 Å². The van der Waals surface area contributed by atoms with Gasteiger partial charge in [-0.15, -0.1) is 0 Å². The molecule has 1 heterocycles. The van der Waals surface area contributed by atoms with E-state index in [0.717, 1.165) is 31.4 Å². The molecule has 5 nitrogen and oxygen atoms in total. The molecule has 2 rings (SSSR count). The summed E-state index contributed by atoms with van der Waals surface area (Å²) in [6, 6.07) is 2.60. The number of nitrogens with two attached hydrogens (primary N) is 1. The number of esters is 1. The van der Waals surface area contributed by atoms with E-state index in [0.29, 0.717) is 30.0 Å². The lowest BCUT2D eigenvalue weighted by molar-refractivity contribution is 0.0599. The van der Waals surface area contributed by atoms with E-state index in [1.807, 2.05) is 0 Å². The molecule has 19 heavy (non-hydrogen) atoms. The highest BCUT2D eigenvalue weighted by Gasteiger charge is 2.19. The van der Waals surface area contributed by atoms with Crippen LogP contribution in [0.15, 0.2) is 10.5 Å². The van der Waals surface area contributed by atoms with Gasteiger partial charge in [-0.1, -0.05) is 0 Å². The van der Waals surface area contributed by atoms with Crippen molar-refractivity contribution in [2.75, 3.05) is 7.11 Å². The minimum atomic E-state index is -0.351. The number of hydrogen-bond acceptors (Lipinski definition) is 5. The van der Waals surface area contributed by atoms with E-state index >= 15 is 0 Å². The second-order valence-corrected chi connectivity index (χ2v) is 5.17. The van der Waals surface area contributed by atoms with Crippen molar-refractivity contribution in [3.05, 3.63) is 23.2 Å². The van der Waals surface area contributed by atoms with Crippen LogP contribution < -0.4 is 11.1 Å². The van der Waals surface area contributed by atoms with Crippen molar-refractivity contribution in [2.45, 2.75) is 51.2 Å². The normalized spacial score (nSPS) is 23.3. The van der Waals surface area contributed by atoms with Crippen LogP contribution in [-0.2, 0) is 11.3 Å². The number of aryl methyl sites for hydroxylation is 1. The lowest BCUT2D eigenvalue weighted by Crippen LogP contribution is -2.36. The van der Waals surface area contributed by atoms with Crippen LogP contribution in [0.5, 0.6) is 0 Å². The Morgan fingerprint density at radius 1 is 1.47 bits per heavy atom. The molecule has 1 saturated carbocycles. The zero-order chi connectivity index (χ0) is 13.8. The first-order valence-electron chi connectivity index (χ1n) is 6.76. The van der Waals surface area contributed by atoms with Gasteiger partial charge in [0.15, 0.2) is 0 Å². The third-order valence-corrected chi connectivity index (χ3v) is 3.71. The molecule has 5 heteroatoms. The third-order valence-electron chi connectivity index (χ3n) is 3.71. The van der Waals surface area contributed by atoms with Gasteiger partial charge < -0.3 is 20.2 Å². The number of rotatable bonds is 4. The number of hydrogen-bond donors (Lipinski definition) is 2. The fourth-order valence-corrected chi connectivity index (χ4v) is 2.51. The first-order chi connectivity index (χ1) is 9.10. The number of furan rings is 1. The van der Waals surface area contributed by atoms with Crippen LogP contribution in [0.3, 0.4) is 0 Å². The van der Waals surface area contributed by atoms with Gasteiger partial charge in [-0.05, 0) is 38.7 Å². The Bertz CT molecular complexity index is 434. The molecule has 1 aliphatic carbocycles. The predicted octanol–water partition coefficient (Wildman–Crippen LogP) is 1.73. The summed E-state index contributed by atoms with van der Waals surface area (Å²) in [6.07, 6.45) is 4.35. The molecule has 1 aromatic rings. The average Bonchev–Trinajstić information content (AvgIpc) is 2.78. The lowest BCUT2D eigenvalue weighted by atomic mass is 9.92. The topological polar surface area (TPSA) is 77.5 Å². The van der Waals surface area contributed by atoms with Gasteiger partial charge in [-0.3, -0.25) is 0 Å². The molecular weight excluding hydrogens is 244 g/mol. The summed E-state index contributed by atoms with van der Waals surface area (Å²) in [7, 11) is 1.37. The summed E-state index contributed by atoms with van der Waals surface area (Å²) in [5.74, 6) is 1.03.